The van der Waals surface area contributed by atoms with Gasteiger partial charge in [-0.25, -0.2) is 4.79 Å². The third-order valence-electron chi connectivity index (χ3n) is 4.06. The number of esters is 1. The Balaban J connectivity index is 2.25. The third-order valence-corrected chi connectivity index (χ3v) is 4.30. The van der Waals surface area contributed by atoms with E-state index in [1.54, 1.807) is 18.2 Å². The number of hydrogen-bond donors (Lipinski definition) is 1. The van der Waals surface area contributed by atoms with Crippen LogP contribution >= 0.6 is 11.6 Å². The molecular weight excluding hydrogens is 274 g/mol. The molecule has 0 bridgehead atoms. The lowest BCUT2D eigenvalue weighted by Crippen LogP contribution is -2.24. The van der Waals surface area contributed by atoms with Crippen molar-refractivity contribution in [2.24, 2.45) is 11.3 Å². The molecule has 1 saturated carbocycles. The Morgan fingerprint density at radius 2 is 2.10 bits per heavy atom. The maximum absolute atomic E-state index is 11.8. The molecule has 3 nitrogen and oxygen atoms in total. The number of hydrogen-bond acceptors (Lipinski definition) is 3. The molecule has 0 radical (unpaired) electrons. The average Bonchev–Trinajstić information content (AvgIpc) is 2.61. The third kappa shape index (κ3) is 3.26. The first-order valence-electron chi connectivity index (χ1n) is 6.97. The fourth-order valence-corrected chi connectivity index (χ4v) is 3.38. The summed E-state index contributed by atoms with van der Waals surface area (Å²) in [6.45, 7) is 6.81. The number of ether oxygens (including phenoxy) is 1. The molecule has 2 rings (SSSR count). The molecule has 1 aromatic rings. The summed E-state index contributed by atoms with van der Waals surface area (Å²) in [6.07, 6.45) is 2.26. The van der Waals surface area contributed by atoms with Crippen LogP contribution in [0.25, 0.3) is 0 Å². The van der Waals surface area contributed by atoms with Gasteiger partial charge in [-0.15, -0.1) is 0 Å². The van der Waals surface area contributed by atoms with E-state index in [2.05, 4.69) is 26.1 Å². The van der Waals surface area contributed by atoms with Crippen molar-refractivity contribution in [2.45, 2.75) is 39.7 Å². The second-order valence-electron chi connectivity index (χ2n) is 6.48. The smallest absolute Gasteiger partial charge is 0.339 e. The molecule has 1 aliphatic rings. The van der Waals surface area contributed by atoms with Crippen molar-refractivity contribution in [3.63, 3.8) is 0 Å². The molecule has 20 heavy (non-hydrogen) atoms. The zero-order chi connectivity index (χ0) is 14.9. The molecule has 0 aliphatic heterocycles. The van der Waals surface area contributed by atoms with Gasteiger partial charge in [-0.05, 0) is 42.4 Å². The number of carbonyl (C=O) groups is 1. The predicted octanol–water partition coefficient (Wildman–Crippen LogP) is 4.36. The topological polar surface area (TPSA) is 38.3 Å². The van der Waals surface area contributed by atoms with Crippen LogP contribution in [0.2, 0.25) is 5.02 Å². The minimum atomic E-state index is -0.339. The van der Waals surface area contributed by atoms with Crippen molar-refractivity contribution >= 4 is 23.3 Å². The van der Waals surface area contributed by atoms with E-state index in [9.17, 15) is 4.79 Å². The number of anilines is 1. The van der Waals surface area contributed by atoms with Gasteiger partial charge < -0.3 is 10.1 Å². The van der Waals surface area contributed by atoms with Crippen LogP contribution in [0.1, 0.15) is 44.0 Å². The predicted molar refractivity (Wildman–Crippen MR) is 82.4 cm³/mol. The van der Waals surface area contributed by atoms with Crippen molar-refractivity contribution in [3.8, 4) is 0 Å². The van der Waals surface area contributed by atoms with Crippen molar-refractivity contribution in [2.75, 3.05) is 12.4 Å². The number of benzene rings is 1. The zero-order valence-corrected chi connectivity index (χ0v) is 13.3. The average molecular weight is 296 g/mol. The molecule has 0 heterocycles. The van der Waals surface area contributed by atoms with E-state index in [0.717, 1.165) is 12.1 Å². The molecule has 2 unspecified atom stereocenters. The highest BCUT2D eigenvalue weighted by atomic mass is 35.5. The van der Waals surface area contributed by atoms with Crippen LogP contribution in [-0.4, -0.2) is 19.1 Å². The summed E-state index contributed by atoms with van der Waals surface area (Å²) >= 11 is 6.05. The Morgan fingerprint density at radius 3 is 2.65 bits per heavy atom. The molecule has 110 valence electrons. The summed E-state index contributed by atoms with van der Waals surface area (Å²) in [7, 11) is 1.39. The standard InChI is InChI=1S/C16H22ClNO2/c1-10-8-16(2,3)9-14(10)18-13-7-11(17)5-6-12(13)15(19)20-4/h5-7,10,14,18H,8-9H2,1-4H3. The monoisotopic (exact) mass is 295 g/mol. The van der Waals surface area contributed by atoms with Gasteiger partial charge in [0.1, 0.15) is 0 Å². The summed E-state index contributed by atoms with van der Waals surface area (Å²) < 4.78 is 4.83. The van der Waals surface area contributed by atoms with Gasteiger partial charge in [0, 0.05) is 11.1 Å². The Kier molecular flexibility index (Phi) is 4.28. The molecule has 2 atom stereocenters. The Bertz CT molecular complexity index is 513. The highest BCUT2D eigenvalue weighted by molar-refractivity contribution is 6.31. The highest BCUT2D eigenvalue weighted by Gasteiger charge is 2.37. The van der Waals surface area contributed by atoms with Gasteiger partial charge in [-0.2, -0.15) is 0 Å². The summed E-state index contributed by atoms with van der Waals surface area (Å²) in [5, 5.41) is 4.10. The van der Waals surface area contributed by atoms with Crippen LogP contribution in [0.15, 0.2) is 18.2 Å². The molecule has 0 amide bonds. The summed E-state index contributed by atoms with van der Waals surface area (Å²) in [6, 6.07) is 5.57. The molecule has 4 heteroatoms. The largest absolute Gasteiger partial charge is 0.465 e. The van der Waals surface area contributed by atoms with E-state index in [1.165, 1.54) is 13.5 Å². The van der Waals surface area contributed by atoms with Gasteiger partial charge in [-0.1, -0.05) is 32.4 Å². The SMILES string of the molecule is COC(=O)c1ccc(Cl)cc1NC1CC(C)(C)CC1C. The van der Waals surface area contributed by atoms with Crippen LogP contribution in [0, 0.1) is 11.3 Å². The van der Waals surface area contributed by atoms with Crippen LogP contribution in [0.3, 0.4) is 0 Å². The summed E-state index contributed by atoms with van der Waals surface area (Å²) in [5.74, 6) is 0.226. The van der Waals surface area contributed by atoms with Gasteiger partial charge in [0.25, 0.3) is 0 Å². The quantitative estimate of drug-likeness (QED) is 0.842. The summed E-state index contributed by atoms with van der Waals surface area (Å²) in [5.41, 5.74) is 1.63. The molecule has 1 N–H and O–H groups in total. The molecule has 0 aromatic heterocycles. The van der Waals surface area contributed by atoms with Gasteiger partial charge in [0.15, 0.2) is 0 Å². The first kappa shape index (κ1) is 15.2. The van der Waals surface area contributed by atoms with Crippen LogP contribution in [0.5, 0.6) is 0 Å². The minimum Gasteiger partial charge on any atom is -0.465 e. The molecule has 1 fully saturated rings. The Hall–Kier alpha value is -1.22. The first-order valence-corrected chi connectivity index (χ1v) is 7.34. The van der Waals surface area contributed by atoms with E-state index in [-0.39, 0.29) is 5.97 Å². The van der Waals surface area contributed by atoms with Gasteiger partial charge in [0.2, 0.25) is 0 Å². The molecular formula is C16H22ClNO2. The first-order chi connectivity index (χ1) is 9.32. The lowest BCUT2D eigenvalue weighted by atomic mass is 9.91. The van der Waals surface area contributed by atoms with Crippen LogP contribution in [-0.2, 0) is 4.74 Å². The lowest BCUT2D eigenvalue weighted by molar-refractivity contribution is 0.0602. The van der Waals surface area contributed by atoms with Crippen LogP contribution in [0.4, 0.5) is 5.69 Å². The number of halogens is 1. The Morgan fingerprint density at radius 1 is 1.40 bits per heavy atom. The van der Waals surface area contributed by atoms with Gasteiger partial charge >= 0.3 is 5.97 Å². The minimum absolute atomic E-state index is 0.334. The Labute approximate surface area is 125 Å². The van der Waals surface area contributed by atoms with Crippen LogP contribution < -0.4 is 5.32 Å². The van der Waals surface area contributed by atoms with E-state index in [0.29, 0.717) is 28.0 Å². The zero-order valence-electron chi connectivity index (χ0n) is 12.5. The van der Waals surface area contributed by atoms with Crippen molar-refractivity contribution in [1.29, 1.82) is 0 Å². The van der Waals surface area contributed by atoms with E-state index >= 15 is 0 Å². The number of methoxy groups -OCH3 is 1. The summed E-state index contributed by atoms with van der Waals surface area (Å²) in [4.78, 5) is 11.8. The van der Waals surface area contributed by atoms with Gasteiger partial charge in [-0.3, -0.25) is 0 Å². The number of rotatable bonds is 3. The number of nitrogens with one attached hydrogen (secondary N) is 1. The van der Waals surface area contributed by atoms with E-state index < -0.39 is 0 Å². The second kappa shape index (κ2) is 5.65. The van der Waals surface area contributed by atoms with Crippen molar-refractivity contribution in [1.82, 2.24) is 0 Å². The van der Waals surface area contributed by atoms with E-state index in [1.807, 2.05) is 0 Å². The van der Waals surface area contributed by atoms with E-state index in [4.69, 9.17) is 16.3 Å². The van der Waals surface area contributed by atoms with Crippen molar-refractivity contribution < 1.29 is 9.53 Å². The molecule has 0 saturated heterocycles. The molecule has 1 aromatic carbocycles. The second-order valence-corrected chi connectivity index (χ2v) is 6.92. The molecule has 0 spiro atoms. The van der Waals surface area contributed by atoms with Gasteiger partial charge in [0.05, 0.1) is 18.4 Å². The fraction of sp³-hybridized carbons (Fsp3) is 0.562. The number of carbonyl (C=O) groups excluding carboxylic acids is 1. The maximum atomic E-state index is 11.8. The lowest BCUT2D eigenvalue weighted by Gasteiger charge is -2.21. The maximum Gasteiger partial charge on any atom is 0.339 e. The fourth-order valence-electron chi connectivity index (χ4n) is 3.21. The molecule has 1 aliphatic carbocycles. The normalized spacial score (nSPS) is 24.4. The van der Waals surface area contributed by atoms with Crippen molar-refractivity contribution in [3.05, 3.63) is 28.8 Å². The highest BCUT2D eigenvalue weighted by Crippen LogP contribution is 2.42.